The van der Waals surface area contributed by atoms with E-state index in [4.69, 9.17) is 4.74 Å². The Labute approximate surface area is 162 Å². The first-order valence-corrected chi connectivity index (χ1v) is 9.09. The van der Waals surface area contributed by atoms with Crippen molar-refractivity contribution in [2.75, 3.05) is 0 Å². The molecule has 0 atom stereocenters. The molecule has 28 heavy (non-hydrogen) atoms. The minimum Gasteiger partial charge on any atom is -0.487 e. The summed E-state index contributed by atoms with van der Waals surface area (Å²) in [5.74, 6) is 1.32. The normalized spacial score (nSPS) is 11.7. The number of hydrogen-bond acceptors (Lipinski definition) is 4. The Bertz CT molecular complexity index is 1120. The number of hydrogen-bond donors (Lipinski definition) is 1. The zero-order valence-corrected chi connectivity index (χ0v) is 16.0. The zero-order chi connectivity index (χ0) is 19.7. The van der Waals surface area contributed by atoms with Crippen molar-refractivity contribution in [2.24, 2.45) is 0 Å². The molecule has 4 aromatic rings. The van der Waals surface area contributed by atoms with Crippen LogP contribution in [0, 0.1) is 6.92 Å². The Balaban J connectivity index is 1.58. The second-order valence-electron chi connectivity index (χ2n) is 7.26. The van der Waals surface area contributed by atoms with Crippen LogP contribution in [0.3, 0.4) is 0 Å². The van der Waals surface area contributed by atoms with Crippen LogP contribution in [0.5, 0.6) is 5.75 Å². The number of aromatic nitrogens is 4. The van der Waals surface area contributed by atoms with E-state index in [9.17, 15) is 4.39 Å². The van der Waals surface area contributed by atoms with Gasteiger partial charge in [-0.25, -0.2) is 14.4 Å². The number of aromatic amines is 1. The number of pyridine rings is 2. The third kappa shape index (κ3) is 3.71. The second kappa shape index (κ2) is 7.03. The van der Waals surface area contributed by atoms with Gasteiger partial charge in [-0.15, -0.1) is 0 Å². The predicted molar refractivity (Wildman–Crippen MR) is 107 cm³/mol. The van der Waals surface area contributed by atoms with Crippen LogP contribution in [0.2, 0.25) is 0 Å². The van der Waals surface area contributed by atoms with Crippen molar-refractivity contribution >= 4 is 11.0 Å². The van der Waals surface area contributed by atoms with Gasteiger partial charge >= 0.3 is 0 Å². The first-order valence-electron chi connectivity index (χ1n) is 9.09. The summed E-state index contributed by atoms with van der Waals surface area (Å²) >= 11 is 0. The minimum absolute atomic E-state index is 0.354. The molecule has 0 aliphatic rings. The molecule has 0 unspecified atom stereocenters. The lowest BCUT2D eigenvalue weighted by Crippen LogP contribution is -2.10. The lowest BCUT2D eigenvalue weighted by Gasteiger charge is -2.12. The maximum Gasteiger partial charge on any atom is 0.157 e. The van der Waals surface area contributed by atoms with Crippen LogP contribution in [-0.4, -0.2) is 19.9 Å². The van der Waals surface area contributed by atoms with Gasteiger partial charge in [0.15, 0.2) is 5.82 Å². The molecule has 0 amide bonds. The molecule has 0 saturated carbocycles. The molecule has 0 bridgehead atoms. The highest BCUT2D eigenvalue weighted by Gasteiger charge is 2.21. The number of ether oxygens (including phenoxy) is 1. The molecule has 1 aromatic carbocycles. The number of nitrogens with zero attached hydrogens (tertiary/aromatic N) is 3. The molecule has 0 saturated heterocycles. The monoisotopic (exact) mass is 376 g/mol. The van der Waals surface area contributed by atoms with Gasteiger partial charge in [0.05, 0.1) is 29.1 Å². The number of benzene rings is 1. The van der Waals surface area contributed by atoms with Crippen molar-refractivity contribution in [1.82, 2.24) is 19.9 Å². The first-order chi connectivity index (χ1) is 13.4. The Morgan fingerprint density at radius 1 is 1.07 bits per heavy atom. The fourth-order valence-corrected chi connectivity index (χ4v) is 2.96. The van der Waals surface area contributed by atoms with Gasteiger partial charge in [0.1, 0.15) is 23.7 Å². The number of rotatable bonds is 5. The maximum atomic E-state index is 14.2. The number of fused-ring (bicyclic) bond motifs is 1. The number of nitrogens with one attached hydrogen (secondary N) is 1. The largest absolute Gasteiger partial charge is 0.487 e. The van der Waals surface area contributed by atoms with Crippen molar-refractivity contribution in [2.45, 2.75) is 33.0 Å². The smallest absolute Gasteiger partial charge is 0.157 e. The van der Waals surface area contributed by atoms with Gasteiger partial charge < -0.3 is 9.72 Å². The van der Waals surface area contributed by atoms with Crippen molar-refractivity contribution < 1.29 is 9.13 Å². The van der Waals surface area contributed by atoms with E-state index in [-0.39, 0.29) is 0 Å². The molecule has 0 aliphatic heterocycles. The summed E-state index contributed by atoms with van der Waals surface area (Å²) in [7, 11) is 0. The van der Waals surface area contributed by atoms with Crippen LogP contribution >= 0.6 is 0 Å². The highest BCUT2D eigenvalue weighted by Crippen LogP contribution is 2.28. The molecule has 6 heteroatoms. The van der Waals surface area contributed by atoms with E-state index in [1.807, 2.05) is 43.3 Å². The van der Waals surface area contributed by atoms with E-state index in [1.165, 1.54) is 13.8 Å². The summed E-state index contributed by atoms with van der Waals surface area (Å²) in [6.45, 7) is 5.40. The van der Waals surface area contributed by atoms with Crippen LogP contribution in [0.1, 0.15) is 30.7 Å². The SMILES string of the molecule is Cc1cc(OCc2ccccc2)cnc1-c1nc2cc(C(C)(C)F)ncc2[nH]1. The Hall–Kier alpha value is -3.28. The number of aryl methyl sites for hydroxylation is 1. The van der Waals surface area contributed by atoms with Crippen molar-refractivity contribution in [1.29, 1.82) is 0 Å². The Kier molecular flexibility index (Phi) is 4.55. The number of halogens is 1. The fraction of sp³-hybridized carbons (Fsp3) is 0.227. The molecule has 3 aromatic heterocycles. The number of alkyl halides is 1. The number of imidazole rings is 1. The van der Waals surface area contributed by atoms with Gasteiger partial charge in [-0.2, -0.15) is 0 Å². The van der Waals surface area contributed by atoms with Crippen molar-refractivity contribution in [3.8, 4) is 17.3 Å². The summed E-state index contributed by atoms with van der Waals surface area (Å²) in [6.07, 6.45) is 3.29. The summed E-state index contributed by atoms with van der Waals surface area (Å²) in [4.78, 5) is 16.5. The van der Waals surface area contributed by atoms with E-state index in [1.54, 1.807) is 18.5 Å². The standard InChI is InChI=1S/C22H21FN4O/c1-14-9-16(28-13-15-7-5-4-6-8-15)11-25-20(14)21-26-17-10-19(22(2,3)23)24-12-18(17)27-21/h4-12H,13H2,1-3H3,(H,26,27). The molecule has 5 nitrogen and oxygen atoms in total. The quantitative estimate of drug-likeness (QED) is 0.526. The van der Waals surface area contributed by atoms with Crippen LogP contribution in [-0.2, 0) is 12.3 Å². The lowest BCUT2D eigenvalue weighted by molar-refractivity contribution is 0.214. The van der Waals surface area contributed by atoms with Crippen molar-refractivity contribution in [3.63, 3.8) is 0 Å². The molecule has 0 aliphatic carbocycles. The summed E-state index contributed by atoms with van der Waals surface area (Å²) in [5.41, 5.74) is 3.00. The third-order valence-corrected chi connectivity index (χ3v) is 4.50. The Morgan fingerprint density at radius 2 is 1.86 bits per heavy atom. The van der Waals surface area contributed by atoms with Gasteiger partial charge in [0.25, 0.3) is 0 Å². The Morgan fingerprint density at radius 3 is 2.57 bits per heavy atom. The molecule has 4 rings (SSSR count). The molecule has 142 valence electrons. The molecular formula is C22H21FN4O. The van der Waals surface area contributed by atoms with Gasteiger partial charge in [0.2, 0.25) is 0 Å². The van der Waals surface area contributed by atoms with Gasteiger partial charge in [-0.3, -0.25) is 4.98 Å². The van der Waals surface area contributed by atoms with E-state index in [0.717, 1.165) is 22.3 Å². The second-order valence-corrected chi connectivity index (χ2v) is 7.26. The molecule has 0 spiro atoms. The fourth-order valence-electron chi connectivity index (χ4n) is 2.96. The van der Waals surface area contributed by atoms with E-state index < -0.39 is 5.67 Å². The summed E-state index contributed by atoms with van der Waals surface area (Å²) < 4.78 is 20.0. The topological polar surface area (TPSA) is 63.7 Å². The van der Waals surface area contributed by atoms with Crippen LogP contribution < -0.4 is 4.74 Å². The molecular weight excluding hydrogens is 355 g/mol. The van der Waals surface area contributed by atoms with Gasteiger partial charge in [0, 0.05) is 0 Å². The summed E-state index contributed by atoms with van der Waals surface area (Å²) in [5, 5.41) is 0. The first kappa shape index (κ1) is 18.1. The third-order valence-electron chi connectivity index (χ3n) is 4.50. The van der Waals surface area contributed by atoms with Crippen LogP contribution in [0.15, 0.2) is 54.9 Å². The average Bonchev–Trinajstić information content (AvgIpc) is 3.09. The van der Waals surface area contributed by atoms with E-state index >= 15 is 0 Å². The van der Waals surface area contributed by atoms with Crippen LogP contribution in [0.25, 0.3) is 22.6 Å². The van der Waals surface area contributed by atoms with Crippen molar-refractivity contribution in [3.05, 3.63) is 71.7 Å². The minimum atomic E-state index is -1.51. The van der Waals surface area contributed by atoms with Gasteiger partial charge in [-0.05, 0) is 44.0 Å². The van der Waals surface area contributed by atoms with Crippen LogP contribution in [0.4, 0.5) is 4.39 Å². The highest BCUT2D eigenvalue weighted by molar-refractivity contribution is 5.79. The maximum absolute atomic E-state index is 14.2. The summed E-state index contributed by atoms with van der Waals surface area (Å²) in [6, 6.07) is 13.6. The molecule has 0 fully saturated rings. The average molecular weight is 376 g/mol. The predicted octanol–water partition coefficient (Wildman–Crippen LogP) is 5.11. The van der Waals surface area contributed by atoms with E-state index in [0.29, 0.717) is 29.4 Å². The van der Waals surface area contributed by atoms with E-state index in [2.05, 4.69) is 19.9 Å². The molecule has 1 N–H and O–H groups in total. The molecule has 3 heterocycles. The number of H-pyrrole nitrogens is 1. The zero-order valence-electron chi connectivity index (χ0n) is 16.0. The molecule has 0 radical (unpaired) electrons. The highest BCUT2D eigenvalue weighted by atomic mass is 19.1. The van der Waals surface area contributed by atoms with Gasteiger partial charge in [-0.1, -0.05) is 30.3 Å². The lowest BCUT2D eigenvalue weighted by atomic mass is 10.1.